The van der Waals surface area contributed by atoms with Crippen LogP contribution in [0.5, 0.6) is 0 Å². The van der Waals surface area contributed by atoms with Gasteiger partial charge in [0.1, 0.15) is 0 Å². The van der Waals surface area contributed by atoms with E-state index in [2.05, 4.69) is 180 Å². The Bertz CT molecular complexity index is 2560. The van der Waals surface area contributed by atoms with Gasteiger partial charge in [-0.3, -0.25) is 0 Å². The highest BCUT2D eigenvalue weighted by Crippen LogP contribution is 2.33. The molecule has 0 aliphatic rings. The average molecular weight is 724 g/mol. The van der Waals surface area contributed by atoms with Crippen LogP contribution in [-0.2, 0) is 0 Å². The first-order valence-electron chi connectivity index (χ1n) is 18.3. The Hall–Kier alpha value is -6.94. The molecule has 260 valence electrons. The molecule has 0 aliphatic carbocycles. The number of halogens is 1. The first kappa shape index (κ1) is 33.9. The maximum Gasteiger partial charge on any atom is 0.226 e. The number of nitrogens with zero attached hydrogens (tertiary/aromatic N) is 3. The van der Waals surface area contributed by atoms with Crippen LogP contribution in [0.2, 0.25) is 5.28 Å². The summed E-state index contributed by atoms with van der Waals surface area (Å²) in [5, 5.41) is 0.157. The molecule has 0 amide bonds. The predicted octanol–water partition coefficient (Wildman–Crippen LogP) is 13.9. The zero-order chi connectivity index (χ0) is 37.0. The Morgan fingerprint density at radius 3 is 0.764 bits per heavy atom. The van der Waals surface area contributed by atoms with Gasteiger partial charge in [0.25, 0.3) is 0 Å². The molecular formula is C51H34ClN3. The fourth-order valence-electron chi connectivity index (χ4n) is 7.01. The number of hydrogen-bond acceptors (Lipinski definition) is 3. The molecule has 8 aromatic carbocycles. The van der Waals surface area contributed by atoms with Gasteiger partial charge in [0.15, 0.2) is 11.6 Å². The van der Waals surface area contributed by atoms with Crippen molar-refractivity contribution < 1.29 is 0 Å². The fraction of sp³-hybridized carbons (Fsp3) is 0. The summed E-state index contributed by atoms with van der Waals surface area (Å²) in [7, 11) is 0. The van der Waals surface area contributed by atoms with Crippen LogP contribution in [-0.4, -0.2) is 15.0 Å². The minimum atomic E-state index is 0.157. The summed E-state index contributed by atoms with van der Waals surface area (Å²) in [6.07, 6.45) is 0. The molecule has 55 heavy (non-hydrogen) atoms. The average Bonchev–Trinajstić information content (AvgIpc) is 3.27. The van der Waals surface area contributed by atoms with Crippen molar-refractivity contribution in [1.29, 1.82) is 0 Å². The van der Waals surface area contributed by atoms with E-state index < -0.39 is 0 Å². The zero-order valence-electron chi connectivity index (χ0n) is 29.8. The van der Waals surface area contributed by atoms with Crippen molar-refractivity contribution in [3.63, 3.8) is 0 Å². The highest BCUT2D eigenvalue weighted by Gasteiger charge is 2.12. The molecule has 0 spiro atoms. The first-order chi connectivity index (χ1) is 27.1. The van der Waals surface area contributed by atoms with E-state index in [-0.39, 0.29) is 5.28 Å². The van der Waals surface area contributed by atoms with E-state index in [1.807, 2.05) is 36.4 Å². The summed E-state index contributed by atoms with van der Waals surface area (Å²) in [6.45, 7) is 0. The molecule has 4 heteroatoms. The van der Waals surface area contributed by atoms with Crippen molar-refractivity contribution in [2.24, 2.45) is 0 Å². The minimum absolute atomic E-state index is 0.157. The van der Waals surface area contributed by atoms with Crippen LogP contribution in [0.1, 0.15) is 0 Å². The molecular weight excluding hydrogens is 690 g/mol. The zero-order valence-corrected chi connectivity index (χ0v) is 30.6. The van der Waals surface area contributed by atoms with Gasteiger partial charge in [0.2, 0.25) is 5.28 Å². The van der Waals surface area contributed by atoms with Gasteiger partial charge < -0.3 is 0 Å². The lowest BCUT2D eigenvalue weighted by atomic mass is 9.96. The lowest BCUT2D eigenvalue weighted by Crippen LogP contribution is -1.97. The van der Waals surface area contributed by atoms with Crippen molar-refractivity contribution in [3.05, 3.63) is 212 Å². The van der Waals surface area contributed by atoms with Crippen LogP contribution in [0.3, 0.4) is 0 Å². The van der Waals surface area contributed by atoms with Gasteiger partial charge in [-0.1, -0.05) is 182 Å². The van der Waals surface area contributed by atoms with Crippen molar-refractivity contribution in [2.45, 2.75) is 0 Å². The Labute approximate surface area is 326 Å². The van der Waals surface area contributed by atoms with Crippen LogP contribution in [0.4, 0.5) is 0 Å². The molecule has 0 unspecified atom stereocenters. The number of benzene rings is 8. The van der Waals surface area contributed by atoms with Crippen molar-refractivity contribution in [2.75, 3.05) is 0 Å². The van der Waals surface area contributed by atoms with E-state index >= 15 is 0 Å². The molecule has 0 bridgehead atoms. The first-order valence-corrected chi connectivity index (χ1v) is 18.7. The quantitative estimate of drug-likeness (QED) is 0.157. The van der Waals surface area contributed by atoms with Gasteiger partial charge in [-0.05, 0) is 103 Å². The van der Waals surface area contributed by atoms with E-state index in [9.17, 15) is 0 Å². The SMILES string of the molecule is Clc1nc(-c2ccc(-c3cccc(-c4cccc(-c5ccccc5)c4)c3)cc2)nc(-c2ccc(-c3cccc(-c4cccc(-c5ccccc5)c4)c3)cc2)n1. The van der Waals surface area contributed by atoms with Crippen molar-refractivity contribution >= 4 is 11.6 Å². The molecule has 0 N–H and O–H groups in total. The standard InChI is InChI=1S/C51H34ClN3/c52-51-54-49(39-27-23-37(24-28-39)43-17-9-21-47(33-43)45-19-7-15-41(31-45)35-11-3-1-4-12-35)53-50(55-51)40-29-25-38(26-30-40)44-18-10-22-48(34-44)46-20-8-16-42(32-46)36-13-5-2-6-14-36/h1-34H. The molecule has 3 nitrogen and oxygen atoms in total. The molecule has 0 saturated heterocycles. The second kappa shape index (κ2) is 15.2. The summed E-state index contributed by atoms with van der Waals surface area (Å²) in [6, 6.07) is 72.2. The highest BCUT2D eigenvalue weighted by atomic mass is 35.5. The van der Waals surface area contributed by atoms with Crippen LogP contribution < -0.4 is 0 Å². The van der Waals surface area contributed by atoms with E-state index in [1.165, 1.54) is 44.5 Å². The number of hydrogen-bond donors (Lipinski definition) is 0. The molecule has 1 aromatic heterocycles. The molecule has 1 heterocycles. The maximum atomic E-state index is 6.49. The second-order valence-electron chi connectivity index (χ2n) is 13.5. The monoisotopic (exact) mass is 723 g/mol. The molecule has 0 radical (unpaired) electrons. The molecule has 0 atom stereocenters. The third-order valence-electron chi connectivity index (χ3n) is 9.89. The Kier molecular flexibility index (Phi) is 9.36. The van der Waals surface area contributed by atoms with Crippen LogP contribution >= 0.6 is 11.6 Å². The van der Waals surface area contributed by atoms with Gasteiger partial charge in [-0.15, -0.1) is 0 Å². The van der Waals surface area contributed by atoms with Gasteiger partial charge in [0.05, 0.1) is 0 Å². The Morgan fingerprint density at radius 1 is 0.218 bits per heavy atom. The van der Waals surface area contributed by atoms with E-state index in [0.717, 1.165) is 33.4 Å². The smallest absolute Gasteiger partial charge is 0.208 e. The summed E-state index contributed by atoms with van der Waals surface area (Å²) in [5.74, 6) is 1.06. The van der Waals surface area contributed by atoms with Gasteiger partial charge >= 0.3 is 0 Å². The van der Waals surface area contributed by atoms with E-state index in [0.29, 0.717) is 11.6 Å². The number of rotatable bonds is 8. The van der Waals surface area contributed by atoms with Crippen LogP contribution in [0.25, 0.3) is 89.5 Å². The molecule has 0 fully saturated rings. The summed E-state index contributed by atoms with van der Waals surface area (Å²) in [4.78, 5) is 13.8. The fourth-order valence-corrected chi connectivity index (χ4v) is 7.17. The van der Waals surface area contributed by atoms with E-state index in [4.69, 9.17) is 16.6 Å². The second-order valence-corrected chi connectivity index (χ2v) is 13.8. The molecule has 9 aromatic rings. The molecule has 0 aliphatic heterocycles. The lowest BCUT2D eigenvalue weighted by molar-refractivity contribution is 1.07. The highest BCUT2D eigenvalue weighted by molar-refractivity contribution is 6.28. The molecule has 0 saturated carbocycles. The summed E-state index contributed by atoms with van der Waals surface area (Å²) < 4.78 is 0. The van der Waals surface area contributed by atoms with Gasteiger partial charge in [-0.25, -0.2) is 4.98 Å². The minimum Gasteiger partial charge on any atom is -0.208 e. The third-order valence-corrected chi connectivity index (χ3v) is 10.1. The maximum absolute atomic E-state index is 6.49. The van der Waals surface area contributed by atoms with E-state index in [1.54, 1.807) is 0 Å². The van der Waals surface area contributed by atoms with Crippen molar-refractivity contribution in [3.8, 4) is 89.5 Å². The molecule has 9 rings (SSSR count). The van der Waals surface area contributed by atoms with Gasteiger partial charge in [0, 0.05) is 11.1 Å². The van der Waals surface area contributed by atoms with Gasteiger partial charge in [-0.2, -0.15) is 9.97 Å². The lowest BCUT2D eigenvalue weighted by Gasteiger charge is -2.10. The topological polar surface area (TPSA) is 38.7 Å². The van der Waals surface area contributed by atoms with Crippen molar-refractivity contribution in [1.82, 2.24) is 15.0 Å². The third kappa shape index (κ3) is 7.48. The number of aromatic nitrogens is 3. The normalized spacial score (nSPS) is 11.0. The summed E-state index contributed by atoms with van der Waals surface area (Å²) in [5.41, 5.74) is 15.7. The predicted molar refractivity (Wildman–Crippen MR) is 228 cm³/mol. The Balaban J connectivity index is 0.938. The largest absolute Gasteiger partial charge is 0.226 e. The van der Waals surface area contributed by atoms with Crippen LogP contribution in [0, 0.1) is 0 Å². The Morgan fingerprint density at radius 2 is 0.455 bits per heavy atom. The summed E-state index contributed by atoms with van der Waals surface area (Å²) >= 11 is 6.49. The van der Waals surface area contributed by atoms with Crippen LogP contribution in [0.15, 0.2) is 206 Å².